The molecule has 27 nitrogen and oxygen atoms in total. The first kappa shape index (κ1) is 121. The third-order valence-electron chi connectivity index (χ3n) is 16.9. The number of nitrogens with zero attached hydrogens (tertiary/aromatic N) is 2. The lowest BCUT2D eigenvalue weighted by Gasteiger charge is -2.39. The molecular weight excluding hydrogens is 1810 g/mol. The maximum Gasteiger partial charge on any atom is 0.379 e. The van der Waals surface area contributed by atoms with E-state index in [4.69, 9.17) is 62.8 Å². The summed E-state index contributed by atoms with van der Waals surface area (Å²) in [5.74, 6) is -7.14. The molecule has 0 saturated heterocycles. The number of methoxy groups -OCH3 is 9. The van der Waals surface area contributed by atoms with E-state index in [0.717, 1.165) is 32.4 Å². The predicted molar refractivity (Wildman–Crippen MR) is 494 cm³/mol. The summed E-state index contributed by atoms with van der Waals surface area (Å²) < 4.78 is 192. The van der Waals surface area contributed by atoms with Crippen molar-refractivity contribution in [2.75, 3.05) is 64.0 Å². The number of nitriles is 1. The van der Waals surface area contributed by atoms with Gasteiger partial charge in [-0.2, -0.15) is 5.26 Å². The maximum atomic E-state index is 15.1. The highest BCUT2D eigenvalue weighted by atomic mass is 35.5. The second-order valence-electron chi connectivity index (χ2n) is 34.6. The minimum Gasteiger partial charge on any atom is -0.598 e. The molecule has 0 aromatic heterocycles. The summed E-state index contributed by atoms with van der Waals surface area (Å²) in [6.07, 6.45) is -2.68. The van der Waals surface area contributed by atoms with E-state index in [1.165, 1.54) is 141 Å². The number of aliphatic hydroxyl groups is 1. The van der Waals surface area contributed by atoms with E-state index in [1.54, 1.807) is 101 Å². The van der Waals surface area contributed by atoms with Crippen LogP contribution in [-0.2, 0) is 85.9 Å². The van der Waals surface area contributed by atoms with Gasteiger partial charge >= 0.3 is 29.8 Å². The zero-order valence-corrected chi connectivity index (χ0v) is 83.7. The minimum absolute atomic E-state index is 0. The van der Waals surface area contributed by atoms with Crippen molar-refractivity contribution in [3.05, 3.63) is 207 Å². The largest absolute Gasteiger partial charge is 0.598 e. The van der Waals surface area contributed by atoms with E-state index in [2.05, 4.69) is 18.6 Å². The third-order valence-corrected chi connectivity index (χ3v) is 20.9. The van der Waals surface area contributed by atoms with Crippen molar-refractivity contribution in [3.8, 4) is 46.3 Å². The monoisotopic (exact) mass is 1940 g/mol. The van der Waals surface area contributed by atoms with Gasteiger partial charge in [0, 0.05) is 81.6 Å². The molecule has 0 aliphatic heterocycles. The highest BCUT2D eigenvalue weighted by Gasteiger charge is 2.52. The number of nitrogens with one attached hydrogen (secondary N) is 1. The molecule has 0 heterocycles. The number of nitrogens with two attached hydrogens (primary N) is 1. The molecule has 7 aromatic rings. The number of carbonyl (C=O) groups is 7. The van der Waals surface area contributed by atoms with Crippen LogP contribution in [0.4, 0.5) is 30.7 Å². The van der Waals surface area contributed by atoms with Crippen molar-refractivity contribution in [2.24, 2.45) is 21.0 Å². The molecule has 4 N–H and O–H groups in total. The van der Waals surface area contributed by atoms with Crippen LogP contribution < -0.4 is 43.6 Å². The van der Waals surface area contributed by atoms with Gasteiger partial charge in [-0.3, -0.25) is 9.59 Å². The van der Waals surface area contributed by atoms with Crippen molar-refractivity contribution in [1.82, 2.24) is 4.72 Å². The van der Waals surface area contributed by atoms with Crippen molar-refractivity contribution < 1.29 is 140 Å². The molecule has 0 saturated carbocycles. The number of halogens is 8. The Kier molecular flexibility index (Phi) is 50.8. The van der Waals surface area contributed by atoms with Gasteiger partial charge in [0.05, 0.1) is 99.5 Å². The minimum atomic E-state index is -1.89. The number of hydrogen-bond donors (Lipinski definition) is 3. The van der Waals surface area contributed by atoms with E-state index < -0.39 is 158 Å². The average molecular weight is 1940 g/mol. The average Bonchev–Trinajstić information content (AvgIpc) is 0.824. The van der Waals surface area contributed by atoms with Crippen LogP contribution in [0.2, 0.25) is 19.6 Å². The van der Waals surface area contributed by atoms with E-state index in [-0.39, 0.29) is 87.2 Å². The number of aliphatic hydroxyl groups excluding tert-OH is 1. The quantitative estimate of drug-likeness (QED) is 0.00451. The van der Waals surface area contributed by atoms with Crippen molar-refractivity contribution >= 4 is 91.1 Å². The van der Waals surface area contributed by atoms with Gasteiger partial charge in [-0.05, 0) is 211 Å². The summed E-state index contributed by atoms with van der Waals surface area (Å²) in [6.45, 7) is 38.3. The number of carbonyl (C=O) groups excluding carboxylic acids is 7. The fourth-order valence-corrected chi connectivity index (χ4v) is 13.3. The smallest absolute Gasteiger partial charge is 0.379 e. The van der Waals surface area contributed by atoms with Crippen LogP contribution in [0, 0.1) is 62.9 Å². The Bertz CT molecular complexity index is 5000. The summed E-state index contributed by atoms with van der Waals surface area (Å²) in [5.41, 5.74) is 2.18. The lowest BCUT2D eigenvalue weighted by atomic mass is 9.76. The highest BCUT2D eigenvalue weighted by Crippen LogP contribution is 2.42. The fourth-order valence-electron chi connectivity index (χ4n) is 10.9. The van der Waals surface area contributed by atoms with Crippen LogP contribution in [0.25, 0.3) is 0 Å². The Hall–Kier alpha value is -10.5. The Morgan fingerprint density at radius 3 is 1.18 bits per heavy atom. The van der Waals surface area contributed by atoms with Gasteiger partial charge in [0.15, 0.2) is 32.4 Å². The van der Waals surface area contributed by atoms with Crippen molar-refractivity contribution in [3.63, 3.8) is 0 Å². The number of aldehydes is 1. The number of ether oxygens (including phenoxy) is 12. The van der Waals surface area contributed by atoms with E-state index in [1.807, 2.05) is 67.3 Å². The SMILES string of the molecule is COC(=O)C(=O)c1ccc(OC)cc1F.COC(=O)C(O)c1ccc(OC)cc1F.COc1ccc(C(=N[S+]([O-])C(C)(C)C)C(=O)OC(C)C)c(F)c1.COc1ccc(C(C#N)O[Si](C)(C)C)c(F)c1.COc1ccc(C=O)c(F)c1.COc1ccc([C@@](CC(C)(C)C)(N[S+]([O-])C(C)(C)C)C(=O)OC(C)C)c(F)c1.COc1ccc([C@](N)(CC(C)(C)C)C(=O)OC(C)C)c(F)c1.Cl. The van der Waals surface area contributed by atoms with Crippen LogP contribution >= 0.6 is 12.4 Å². The number of rotatable bonds is 29. The third kappa shape index (κ3) is 40.1. The second-order valence-corrected chi connectivity index (χ2v) is 43.0. The number of benzene rings is 7. The molecule has 38 heteroatoms. The Morgan fingerprint density at radius 1 is 0.485 bits per heavy atom. The van der Waals surface area contributed by atoms with E-state index in [0.29, 0.717) is 40.8 Å². The van der Waals surface area contributed by atoms with Crippen LogP contribution in [-0.4, -0.2) is 162 Å². The zero-order valence-electron chi connectivity index (χ0n) is 80.3. The summed E-state index contributed by atoms with van der Waals surface area (Å²) in [6, 6.07) is 30.5. The Morgan fingerprint density at radius 2 is 0.848 bits per heavy atom. The number of esters is 5. The molecule has 132 heavy (non-hydrogen) atoms. The standard InChI is InChI=1S/C21H34FNO4S.C17H26FNO3.C16H22FNO4S.C12H16FNO2Si.C10H11FO4.C10H9FO4.C8H7FO2.ClH/c1-14(2)27-18(24)21(13-19(3,4)5,23-28(25)20(6,7)8)16-11-10-15(26-9)12-17(16)22;1-11(2)22-15(20)17(19,10-16(3,4)5)13-8-7-12(21-6)9-14(13)18;1-10(2)22-15(19)14(18-23(20)16(3,4)5)12-8-7-11(21-6)9-13(12)17;1-15-9-5-6-10(11(13)7-9)12(8-14)16-17(2,3)4;2*1-14-6-3-4-7(8(11)5-6)9(12)10(13)15-2;1-11-7-3-2-6(5-10)8(9)4-7;/h10-12,14,23H,13H2,1-9H3;7-9,11H,10,19H2,1-6H3;7-10H,1-6H3;5-7,12H,1-4H3;3-5,9,12H,1-2H3;3-5H,1-2H3;2-5H,1H3;1H/t21-,28?;17-;;;;;;/m11....../s1. The van der Waals surface area contributed by atoms with Gasteiger partial charge < -0.3 is 81.2 Å². The van der Waals surface area contributed by atoms with E-state index in [9.17, 15) is 74.1 Å². The molecule has 732 valence electrons. The summed E-state index contributed by atoms with van der Waals surface area (Å²) in [7, 11) is 10.3. The zero-order chi connectivity index (χ0) is 101. The molecule has 7 aromatic carbocycles. The number of ketones is 1. The summed E-state index contributed by atoms with van der Waals surface area (Å²) in [4.78, 5) is 81.2. The van der Waals surface area contributed by atoms with Crippen LogP contribution in [0.3, 0.4) is 0 Å². The maximum absolute atomic E-state index is 15.1. The molecule has 0 bridgehead atoms. The predicted octanol–water partition coefficient (Wildman–Crippen LogP) is 18.4. The molecule has 6 atom stereocenters. The van der Waals surface area contributed by atoms with Gasteiger partial charge in [0.25, 0.3) is 5.78 Å². The molecule has 0 radical (unpaired) electrons. The van der Waals surface area contributed by atoms with Crippen molar-refractivity contribution in [2.45, 2.75) is 208 Å². The first-order valence-corrected chi connectivity index (χ1v) is 46.1. The summed E-state index contributed by atoms with van der Waals surface area (Å²) >= 11 is -3.37. The molecule has 0 aliphatic rings. The molecule has 0 amide bonds. The Balaban J connectivity index is 0.00000154. The first-order chi connectivity index (χ1) is 60.5. The number of hydrogen-bond acceptors (Lipinski definition) is 27. The van der Waals surface area contributed by atoms with E-state index >= 15 is 4.39 Å². The first-order valence-electron chi connectivity index (χ1n) is 40.4. The molecular formula is C94H126ClF7N4O23S2Si. The topological polar surface area (TPSA) is 380 Å². The van der Waals surface area contributed by atoms with Crippen LogP contribution in [0.1, 0.15) is 198 Å². The molecule has 0 spiro atoms. The van der Waals surface area contributed by atoms with Gasteiger partial charge in [0.2, 0.25) is 5.71 Å². The van der Waals surface area contributed by atoms with Crippen molar-refractivity contribution in [1.29, 1.82) is 5.26 Å². The molecule has 7 rings (SSSR count). The fraction of sp³-hybridized carbons (Fsp3) is 0.457. The lowest BCUT2D eigenvalue weighted by molar-refractivity contribution is -0.157. The Labute approximate surface area is 783 Å². The number of Topliss-reactive ketones (excluding diaryl/α,β-unsaturated/α-hetero) is 1. The van der Waals surface area contributed by atoms with Gasteiger partial charge in [-0.25, -0.2) is 54.7 Å². The molecule has 4 unspecified atom stereocenters. The van der Waals surface area contributed by atoms with Gasteiger partial charge in [0.1, 0.15) is 107 Å². The second kappa shape index (κ2) is 55.2. The molecule has 0 fully saturated rings. The van der Waals surface area contributed by atoms with Gasteiger partial charge in [-0.15, -0.1) is 17.1 Å². The highest BCUT2D eigenvalue weighted by molar-refractivity contribution is 7.91. The molecule has 0 aliphatic carbocycles. The van der Waals surface area contributed by atoms with Crippen LogP contribution in [0.5, 0.6) is 40.2 Å². The van der Waals surface area contributed by atoms with Crippen LogP contribution in [0.15, 0.2) is 132 Å². The van der Waals surface area contributed by atoms with Gasteiger partial charge in [-0.1, -0.05) is 45.9 Å². The normalized spacial score (nSPS) is 13.1. The summed E-state index contributed by atoms with van der Waals surface area (Å²) in [5, 5.41) is 18.4. The lowest BCUT2D eigenvalue weighted by Crippen LogP contribution is -2.58.